The molecule has 2 unspecified atom stereocenters. The molecule has 41 heavy (non-hydrogen) atoms. The van der Waals surface area contributed by atoms with Gasteiger partial charge in [-0.05, 0) is 57.3 Å². The summed E-state index contributed by atoms with van der Waals surface area (Å²) in [5.74, 6) is -2.41. The summed E-state index contributed by atoms with van der Waals surface area (Å²) in [6.07, 6.45) is 13.6. The van der Waals surface area contributed by atoms with Crippen molar-refractivity contribution in [3.8, 4) is 0 Å². The molecule has 8 heteroatoms. The van der Waals surface area contributed by atoms with Crippen LogP contribution in [0.1, 0.15) is 97.8 Å². The minimum atomic E-state index is -1.12. The molecule has 1 N–H and O–H groups in total. The maximum atomic E-state index is 14.8. The van der Waals surface area contributed by atoms with Gasteiger partial charge >= 0.3 is 5.97 Å². The highest BCUT2D eigenvalue weighted by Gasteiger charge is 2.79. The highest BCUT2D eigenvalue weighted by atomic mass is 16.6. The van der Waals surface area contributed by atoms with Crippen LogP contribution in [0.5, 0.6) is 0 Å². The van der Waals surface area contributed by atoms with Crippen LogP contribution in [0, 0.1) is 17.8 Å². The Balaban J connectivity index is 1.75. The molecule has 1 spiro atoms. The van der Waals surface area contributed by atoms with Gasteiger partial charge in [0.25, 0.3) is 0 Å². The Morgan fingerprint density at radius 3 is 2.51 bits per heavy atom. The monoisotopic (exact) mass is 572 g/mol. The second-order valence-corrected chi connectivity index (χ2v) is 12.7. The quantitative estimate of drug-likeness (QED) is 0.172. The lowest BCUT2D eigenvalue weighted by molar-refractivity contribution is -0.165. The zero-order valence-corrected chi connectivity index (χ0v) is 25.5. The molecule has 1 aliphatic carbocycles. The molecule has 4 aliphatic rings. The summed E-state index contributed by atoms with van der Waals surface area (Å²) < 4.78 is 12.7. The molecule has 8 nitrogen and oxygen atoms in total. The molecule has 0 aromatic carbocycles. The number of allylic oxidation sites excluding steroid dienone is 1. The van der Waals surface area contributed by atoms with Crippen molar-refractivity contribution < 1.29 is 29.0 Å². The van der Waals surface area contributed by atoms with Crippen molar-refractivity contribution in [2.45, 2.75) is 127 Å². The summed E-state index contributed by atoms with van der Waals surface area (Å²) in [5.41, 5.74) is -1.95. The first-order valence-electron chi connectivity index (χ1n) is 16.1. The van der Waals surface area contributed by atoms with Gasteiger partial charge in [0, 0.05) is 12.6 Å². The third-order valence-electron chi connectivity index (χ3n) is 10.6. The molecular formula is C33H52N2O6. The number of fused-ring (bicyclic) bond motifs is 1. The molecular weight excluding hydrogens is 520 g/mol. The van der Waals surface area contributed by atoms with Crippen LogP contribution in [-0.4, -0.2) is 81.8 Å². The van der Waals surface area contributed by atoms with Crippen molar-refractivity contribution >= 4 is 17.8 Å². The molecule has 0 aromatic heterocycles. The van der Waals surface area contributed by atoms with Gasteiger partial charge in [0.05, 0.1) is 30.8 Å². The summed E-state index contributed by atoms with van der Waals surface area (Å²) in [4.78, 5) is 46.7. The fraction of sp³-hybridized carbons (Fsp3) is 0.788. The molecule has 0 radical (unpaired) electrons. The molecule has 4 fully saturated rings. The molecule has 3 aliphatic heterocycles. The van der Waals surface area contributed by atoms with Crippen molar-refractivity contribution in [1.82, 2.24) is 9.80 Å². The van der Waals surface area contributed by atoms with E-state index in [0.717, 1.165) is 57.8 Å². The average Bonchev–Trinajstić information content (AvgIpc) is 3.60. The van der Waals surface area contributed by atoms with E-state index in [9.17, 15) is 19.5 Å². The number of ether oxygens (including phenoxy) is 2. The van der Waals surface area contributed by atoms with Gasteiger partial charge in [-0.25, -0.2) is 0 Å². The second kappa shape index (κ2) is 13.4. The summed E-state index contributed by atoms with van der Waals surface area (Å²) in [6, 6.07) is -1.37. The SMILES string of the molecule is C=CCCCCOC(=O)[C@@H]1[C@H]2C(=O)N([C@@H](CO)[C@@H](C)CC)C(C(=O)N(CC=C)C3CCCCC3)C23CC[C@@]1(CC)O3. The predicted molar refractivity (Wildman–Crippen MR) is 158 cm³/mol. The Hall–Kier alpha value is -2.19. The second-order valence-electron chi connectivity index (χ2n) is 12.7. The first kappa shape index (κ1) is 31.7. The molecule has 2 amide bonds. The number of hydrogen-bond donors (Lipinski definition) is 1. The zero-order valence-electron chi connectivity index (χ0n) is 25.5. The number of aliphatic hydroxyl groups excluding tert-OH is 1. The van der Waals surface area contributed by atoms with E-state index in [2.05, 4.69) is 13.2 Å². The minimum Gasteiger partial charge on any atom is -0.465 e. The van der Waals surface area contributed by atoms with Crippen LogP contribution < -0.4 is 0 Å². The maximum Gasteiger partial charge on any atom is 0.312 e. The fourth-order valence-electron chi connectivity index (χ4n) is 8.23. The van der Waals surface area contributed by atoms with Crippen molar-refractivity contribution in [2.24, 2.45) is 17.8 Å². The number of amides is 2. The minimum absolute atomic E-state index is 0.0374. The predicted octanol–water partition coefficient (Wildman–Crippen LogP) is 4.80. The standard InChI is InChI=1S/C33H52N2O6/c1-6-10-11-15-21-40-31(39)27-26-29(37)35(25(22-36)23(5)8-3)28(33(26)19-18-32(27,9-4)41-33)30(38)34(20-7-2)24-16-13-12-14-17-24/h6-7,23-28,36H,1-2,8-22H2,3-5H3/t23-,25-,26-,27-,28?,32+,33?/m0/s1. The Morgan fingerprint density at radius 1 is 1.17 bits per heavy atom. The summed E-state index contributed by atoms with van der Waals surface area (Å²) in [5, 5.41) is 10.6. The number of unbranched alkanes of at least 4 members (excludes halogenated alkanes) is 2. The number of rotatable bonds is 15. The van der Waals surface area contributed by atoms with Gasteiger partial charge in [-0.2, -0.15) is 0 Å². The van der Waals surface area contributed by atoms with Crippen LogP contribution >= 0.6 is 0 Å². The Bertz CT molecular complexity index is 979. The smallest absolute Gasteiger partial charge is 0.312 e. The van der Waals surface area contributed by atoms with Gasteiger partial charge in [-0.3, -0.25) is 14.4 Å². The molecule has 3 heterocycles. The largest absolute Gasteiger partial charge is 0.465 e. The van der Waals surface area contributed by atoms with E-state index < -0.39 is 41.1 Å². The lowest BCUT2D eigenvalue weighted by atomic mass is 9.65. The zero-order chi connectivity index (χ0) is 29.8. The normalized spacial score (nSPS) is 32.4. The van der Waals surface area contributed by atoms with Crippen LogP contribution in [0.2, 0.25) is 0 Å². The first-order valence-corrected chi connectivity index (χ1v) is 16.1. The van der Waals surface area contributed by atoms with Crippen LogP contribution in [0.4, 0.5) is 0 Å². The molecule has 4 rings (SSSR count). The molecule has 7 atom stereocenters. The van der Waals surface area contributed by atoms with Crippen molar-refractivity contribution in [3.05, 3.63) is 25.3 Å². The molecule has 1 saturated carbocycles. The third-order valence-corrected chi connectivity index (χ3v) is 10.6. The summed E-state index contributed by atoms with van der Waals surface area (Å²) >= 11 is 0. The van der Waals surface area contributed by atoms with Crippen molar-refractivity contribution in [1.29, 1.82) is 0 Å². The van der Waals surface area contributed by atoms with E-state index in [-0.39, 0.29) is 37.0 Å². The van der Waals surface area contributed by atoms with Gasteiger partial charge < -0.3 is 24.4 Å². The van der Waals surface area contributed by atoms with Crippen LogP contribution in [0.15, 0.2) is 25.3 Å². The number of hydrogen-bond acceptors (Lipinski definition) is 6. The third kappa shape index (κ3) is 5.51. The van der Waals surface area contributed by atoms with E-state index in [4.69, 9.17) is 9.47 Å². The maximum absolute atomic E-state index is 14.8. The number of nitrogens with zero attached hydrogens (tertiary/aromatic N) is 2. The van der Waals surface area contributed by atoms with Crippen LogP contribution in [-0.2, 0) is 23.9 Å². The number of esters is 1. The highest BCUT2D eigenvalue weighted by molar-refractivity contribution is 5.99. The summed E-state index contributed by atoms with van der Waals surface area (Å²) in [6.45, 7) is 14.1. The number of likely N-dealkylation sites (tertiary alicyclic amines) is 1. The average molecular weight is 573 g/mol. The van der Waals surface area contributed by atoms with Gasteiger partial charge in [-0.15, -0.1) is 13.2 Å². The van der Waals surface area contributed by atoms with E-state index in [1.807, 2.05) is 31.7 Å². The van der Waals surface area contributed by atoms with Gasteiger partial charge in [0.15, 0.2) is 0 Å². The van der Waals surface area contributed by atoms with E-state index in [1.165, 1.54) is 0 Å². The van der Waals surface area contributed by atoms with E-state index >= 15 is 0 Å². The fourth-order valence-corrected chi connectivity index (χ4v) is 8.23. The van der Waals surface area contributed by atoms with E-state index in [1.54, 1.807) is 11.0 Å². The van der Waals surface area contributed by atoms with Gasteiger partial charge in [-0.1, -0.05) is 58.6 Å². The Kier molecular flexibility index (Phi) is 10.4. The van der Waals surface area contributed by atoms with Crippen molar-refractivity contribution in [3.63, 3.8) is 0 Å². The number of carbonyl (C=O) groups excluding carboxylic acids is 3. The topological polar surface area (TPSA) is 96.4 Å². The first-order chi connectivity index (χ1) is 19.8. The molecule has 2 bridgehead atoms. The highest BCUT2D eigenvalue weighted by Crippen LogP contribution is 2.65. The molecule has 3 saturated heterocycles. The lowest BCUT2D eigenvalue weighted by Crippen LogP contribution is -2.61. The Morgan fingerprint density at radius 2 is 1.90 bits per heavy atom. The van der Waals surface area contributed by atoms with Crippen molar-refractivity contribution in [2.75, 3.05) is 19.8 Å². The molecule has 230 valence electrons. The number of carbonyl (C=O) groups is 3. The van der Waals surface area contributed by atoms with Crippen LogP contribution in [0.3, 0.4) is 0 Å². The molecule has 0 aromatic rings. The van der Waals surface area contributed by atoms with Crippen LogP contribution in [0.25, 0.3) is 0 Å². The van der Waals surface area contributed by atoms with Gasteiger partial charge in [0.2, 0.25) is 11.8 Å². The summed E-state index contributed by atoms with van der Waals surface area (Å²) in [7, 11) is 0. The number of aliphatic hydroxyl groups is 1. The van der Waals surface area contributed by atoms with E-state index in [0.29, 0.717) is 25.8 Å². The lowest BCUT2D eigenvalue weighted by Gasteiger charge is -2.43. The van der Waals surface area contributed by atoms with Gasteiger partial charge in [0.1, 0.15) is 17.6 Å². The Labute approximate surface area is 246 Å².